The Balaban J connectivity index is 1.78. The highest BCUT2D eigenvalue weighted by Gasteiger charge is 2.21. The van der Waals surface area contributed by atoms with E-state index in [0.29, 0.717) is 19.0 Å². The van der Waals surface area contributed by atoms with Gasteiger partial charge in [0, 0.05) is 25.6 Å². The van der Waals surface area contributed by atoms with Crippen molar-refractivity contribution in [2.45, 2.75) is 44.9 Å². The summed E-state index contributed by atoms with van der Waals surface area (Å²) in [5.41, 5.74) is 0. The first-order valence-corrected chi connectivity index (χ1v) is 5.57. The summed E-state index contributed by atoms with van der Waals surface area (Å²) in [6, 6.07) is 0.642. The topological polar surface area (TPSA) is 63.0 Å². The van der Waals surface area contributed by atoms with Gasteiger partial charge in [0.05, 0.1) is 6.10 Å². The lowest BCUT2D eigenvalue weighted by molar-refractivity contribution is 0.167. The molecule has 0 bridgehead atoms. The van der Waals surface area contributed by atoms with E-state index < -0.39 is 0 Å². The molecule has 0 amide bonds. The lowest BCUT2D eigenvalue weighted by atomic mass is 10.2. The maximum atomic E-state index is 9.77. The van der Waals surface area contributed by atoms with E-state index in [1.165, 1.54) is 12.8 Å². The molecular weight excluding hydrogens is 192 g/mol. The zero-order chi connectivity index (χ0) is 10.7. The molecule has 1 heterocycles. The Morgan fingerprint density at radius 2 is 2.47 bits per heavy atom. The number of hydrogen-bond donors (Lipinski definition) is 2. The molecular formula is C10H18N4O. The quantitative estimate of drug-likeness (QED) is 0.691. The largest absolute Gasteiger partial charge is 0.391 e. The molecule has 1 aliphatic carbocycles. The van der Waals surface area contributed by atoms with Gasteiger partial charge in [0.25, 0.3) is 0 Å². The summed E-state index contributed by atoms with van der Waals surface area (Å²) < 4.78 is 1.82. The fourth-order valence-corrected chi connectivity index (χ4v) is 1.58. The summed E-state index contributed by atoms with van der Waals surface area (Å²) in [4.78, 5) is 4.13. The van der Waals surface area contributed by atoms with Gasteiger partial charge in [0.15, 0.2) is 0 Å². The Morgan fingerprint density at radius 3 is 3.13 bits per heavy atom. The average Bonchev–Trinajstić information content (AvgIpc) is 2.96. The molecule has 1 aliphatic rings. The second kappa shape index (κ2) is 4.72. The minimum atomic E-state index is -0.361. The third-order valence-corrected chi connectivity index (χ3v) is 2.63. The Bertz CT molecular complexity index is 308. The molecule has 1 unspecified atom stereocenters. The molecule has 84 valence electrons. The number of nitrogens with one attached hydrogen (secondary N) is 1. The van der Waals surface area contributed by atoms with Crippen molar-refractivity contribution in [2.24, 2.45) is 0 Å². The molecule has 0 aromatic carbocycles. The Kier molecular flexibility index (Phi) is 3.33. The van der Waals surface area contributed by atoms with Crippen molar-refractivity contribution in [3.8, 4) is 0 Å². The van der Waals surface area contributed by atoms with Gasteiger partial charge in [-0.1, -0.05) is 0 Å². The Hall–Kier alpha value is -0.940. The van der Waals surface area contributed by atoms with Crippen LogP contribution in [0.2, 0.25) is 0 Å². The maximum Gasteiger partial charge on any atom is 0.138 e. The van der Waals surface area contributed by atoms with Gasteiger partial charge in [-0.15, -0.1) is 0 Å². The van der Waals surface area contributed by atoms with Gasteiger partial charge in [0.1, 0.15) is 12.2 Å². The summed E-state index contributed by atoms with van der Waals surface area (Å²) in [7, 11) is 0. The molecule has 5 nitrogen and oxygen atoms in total. The van der Waals surface area contributed by atoms with Crippen LogP contribution in [-0.2, 0) is 13.0 Å². The smallest absolute Gasteiger partial charge is 0.138 e. The fraction of sp³-hybridized carbons (Fsp3) is 0.800. The highest BCUT2D eigenvalue weighted by molar-refractivity contribution is 4.89. The highest BCUT2D eigenvalue weighted by atomic mass is 16.3. The summed E-state index contributed by atoms with van der Waals surface area (Å²) in [5, 5.41) is 17.1. The van der Waals surface area contributed by atoms with Gasteiger partial charge in [-0.2, -0.15) is 5.10 Å². The van der Waals surface area contributed by atoms with Gasteiger partial charge in [0.2, 0.25) is 0 Å². The van der Waals surface area contributed by atoms with Crippen molar-refractivity contribution in [3.05, 3.63) is 12.2 Å². The standard InChI is InChI=1S/C10H18N4O/c1-2-14-10(12-7-13-14)5-9(15)6-11-8-3-4-8/h7-9,11,15H,2-6H2,1H3. The summed E-state index contributed by atoms with van der Waals surface area (Å²) in [6.07, 6.45) is 4.25. The molecule has 1 saturated carbocycles. The van der Waals surface area contributed by atoms with Crippen molar-refractivity contribution in [2.75, 3.05) is 6.54 Å². The van der Waals surface area contributed by atoms with Crippen LogP contribution < -0.4 is 5.32 Å². The van der Waals surface area contributed by atoms with Crippen LogP contribution in [0.1, 0.15) is 25.6 Å². The number of hydrogen-bond acceptors (Lipinski definition) is 4. The van der Waals surface area contributed by atoms with Crippen molar-refractivity contribution >= 4 is 0 Å². The van der Waals surface area contributed by atoms with E-state index in [2.05, 4.69) is 15.4 Å². The lowest BCUT2D eigenvalue weighted by Crippen LogP contribution is -2.30. The number of rotatable bonds is 6. The number of aryl methyl sites for hydroxylation is 1. The van der Waals surface area contributed by atoms with Gasteiger partial charge >= 0.3 is 0 Å². The zero-order valence-corrected chi connectivity index (χ0v) is 9.06. The number of aliphatic hydroxyl groups is 1. The summed E-state index contributed by atoms with van der Waals surface area (Å²) >= 11 is 0. The van der Waals surface area contributed by atoms with Crippen LogP contribution in [0.4, 0.5) is 0 Å². The molecule has 2 N–H and O–H groups in total. The van der Waals surface area contributed by atoms with Crippen molar-refractivity contribution in [1.29, 1.82) is 0 Å². The second-order valence-corrected chi connectivity index (χ2v) is 4.03. The first-order chi connectivity index (χ1) is 7.29. The third-order valence-electron chi connectivity index (χ3n) is 2.63. The Morgan fingerprint density at radius 1 is 1.67 bits per heavy atom. The molecule has 15 heavy (non-hydrogen) atoms. The minimum Gasteiger partial charge on any atom is -0.391 e. The molecule has 1 aromatic rings. The monoisotopic (exact) mass is 210 g/mol. The molecule has 0 aliphatic heterocycles. The van der Waals surface area contributed by atoms with Crippen LogP contribution >= 0.6 is 0 Å². The zero-order valence-electron chi connectivity index (χ0n) is 9.06. The predicted molar refractivity (Wildman–Crippen MR) is 56.4 cm³/mol. The number of nitrogens with zero attached hydrogens (tertiary/aromatic N) is 3. The molecule has 0 spiro atoms. The van der Waals surface area contributed by atoms with Gasteiger partial charge in [-0.25, -0.2) is 4.98 Å². The first-order valence-electron chi connectivity index (χ1n) is 5.57. The van der Waals surface area contributed by atoms with E-state index in [1.807, 2.05) is 11.6 Å². The van der Waals surface area contributed by atoms with Crippen molar-refractivity contribution in [3.63, 3.8) is 0 Å². The van der Waals surface area contributed by atoms with Gasteiger partial charge in [-0.05, 0) is 19.8 Å². The maximum absolute atomic E-state index is 9.77. The molecule has 2 rings (SSSR count). The molecule has 5 heteroatoms. The normalized spacial score (nSPS) is 18.0. The third kappa shape index (κ3) is 3.00. The summed E-state index contributed by atoms with van der Waals surface area (Å²) in [6.45, 7) is 3.48. The van der Waals surface area contributed by atoms with Crippen LogP contribution in [0.15, 0.2) is 6.33 Å². The van der Waals surface area contributed by atoms with Crippen LogP contribution in [0.5, 0.6) is 0 Å². The number of aromatic nitrogens is 3. The predicted octanol–water partition coefficient (Wildman–Crippen LogP) is -0.0466. The molecule has 1 fully saturated rings. The van der Waals surface area contributed by atoms with E-state index in [9.17, 15) is 5.11 Å². The van der Waals surface area contributed by atoms with Crippen LogP contribution in [-0.4, -0.2) is 38.6 Å². The summed E-state index contributed by atoms with van der Waals surface area (Å²) in [5.74, 6) is 0.864. The number of aliphatic hydroxyl groups excluding tert-OH is 1. The van der Waals surface area contributed by atoms with E-state index in [-0.39, 0.29) is 6.10 Å². The van der Waals surface area contributed by atoms with Crippen LogP contribution in [0, 0.1) is 0 Å². The second-order valence-electron chi connectivity index (χ2n) is 4.03. The molecule has 1 aromatic heterocycles. The van der Waals surface area contributed by atoms with E-state index in [1.54, 1.807) is 6.33 Å². The fourth-order valence-electron chi connectivity index (χ4n) is 1.58. The van der Waals surface area contributed by atoms with Crippen molar-refractivity contribution < 1.29 is 5.11 Å². The van der Waals surface area contributed by atoms with Crippen LogP contribution in [0.25, 0.3) is 0 Å². The van der Waals surface area contributed by atoms with Crippen LogP contribution in [0.3, 0.4) is 0 Å². The first kappa shape index (κ1) is 10.6. The van der Waals surface area contributed by atoms with E-state index in [0.717, 1.165) is 12.4 Å². The Labute approximate surface area is 89.5 Å². The molecule has 0 radical (unpaired) electrons. The van der Waals surface area contributed by atoms with Crippen molar-refractivity contribution in [1.82, 2.24) is 20.1 Å². The lowest BCUT2D eigenvalue weighted by Gasteiger charge is -2.11. The minimum absolute atomic E-state index is 0.361. The van der Waals surface area contributed by atoms with E-state index in [4.69, 9.17) is 0 Å². The van der Waals surface area contributed by atoms with E-state index >= 15 is 0 Å². The highest BCUT2D eigenvalue weighted by Crippen LogP contribution is 2.18. The SMILES string of the molecule is CCn1ncnc1CC(O)CNC1CC1. The average molecular weight is 210 g/mol. The van der Waals surface area contributed by atoms with Gasteiger partial charge < -0.3 is 10.4 Å². The van der Waals surface area contributed by atoms with Gasteiger partial charge in [-0.3, -0.25) is 4.68 Å². The molecule has 0 saturated heterocycles. The molecule has 1 atom stereocenters.